The van der Waals surface area contributed by atoms with E-state index in [1.807, 2.05) is 0 Å². The normalized spacial score (nSPS) is 24.7. The van der Waals surface area contributed by atoms with Gasteiger partial charge in [-0.05, 0) is 62.4 Å². The van der Waals surface area contributed by atoms with E-state index in [1.54, 1.807) is 0 Å². The minimum Gasteiger partial charge on any atom is -0.326 e. The van der Waals surface area contributed by atoms with E-state index < -0.39 is 0 Å². The Morgan fingerprint density at radius 1 is 1.17 bits per heavy atom. The van der Waals surface area contributed by atoms with E-state index >= 15 is 0 Å². The van der Waals surface area contributed by atoms with Crippen molar-refractivity contribution in [2.45, 2.75) is 52.6 Å². The number of hydrogen-bond donors (Lipinski definition) is 1. The van der Waals surface area contributed by atoms with Crippen LogP contribution in [0, 0.1) is 20.8 Å². The highest BCUT2D eigenvalue weighted by Crippen LogP contribution is 2.34. The van der Waals surface area contributed by atoms with Gasteiger partial charge in [0.15, 0.2) is 0 Å². The Labute approximate surface area is 111 Å². The zero-order valence-electron chi connectivity index (χ0n) is 12.2. The van der Waals surface area contributed by atoms with Crippen molar-refractivity contribution < 1.29 is 0 Å². The number of aryl methyl sites for hydroxylation is 3. The zero-order valence-corrected chi connectivity index (χ0v) is 12.2. The first kappa shape index (κ1) is 13.6. The molecule has 1 saturated heterocycles. The van der Waals surface area contributed by atoms with Crippen LogP contribution in [0.2, 0.25) is 0 Å². The van der Waals surface area contributed by atoms with E-state index in [0.717, 1.165) is 19.5 Å². The summed E-state index contributed by atoms with van der Waals surface area (Å²) >= 11 is 0. The third-order valence-corrected chi connectivity index (χ3v) is 4.26. The van der Waals surface area contributed by atoms with Gasteiger partial charge in [-0.1, -0.05) is 19.1 Å². The van der Waals surface area contributed by atoms with Gasteiger partial charge in [-0.25, -0.2) is 0 Å². The summed E-state index contributed by atoms with van der Waals surface area (Å²) in [6.45, 7) is 11.1. The minimum absolute atomic E-state index is 0.289. The van der Waals surface area contributed by atoms with Crippen LogP contribution in [0.4, 0.5) is 0 Å². The molecule has 0 amide bonds. The molecule has 100 valence electrons. The summed E-state index contributed by atoms with van der Waals surface area (Å²) in [4.78, 5) is 2.56. The Bertz CT molecular complexity index is 423. The Morgan fingerprint density at radius 2 is 1.83 bits per heavy atom. The average molecular weight is 246 g/mol. The predicted molar refractivity (Wildman–Crippen MR) is 77.9 cm³/mol. The average Bonchev–Trinajstić information content (AvgIpc) is 2.66. The monoisotopic (exact) mass is 246 g/mol. The highest BCUT2D eigenvalue weighted by Gasteiger charge is 2.33. The van der Waals surface area contributed by atoms with Crippen LogP contribution in [0.1, 0.15) is 48.1 Å². The number of rotatable bonds is 3. The van der Waals surface area contributed by atoms with E-state index in [9.17, 15) is 0 Å². The fraction of sp³-hybridized carbons (Fsp3) is 0.625. The molecule has 2 atom stereocenters. The molecule has 2 rings (SSSR count). The highest BCUT2D eigenvalue weighted by molar-refractivity contribution is 5.39. The number of benzene rings is 1. The van der Waals surface area contributed by atoms with Crippen LogP contribution in [-0.4, -0.2) is 24.0 Å². The number of nitrogens with zero attached hydrogens (tertiary/aromatic N) is 1. The molecule has 18 heavy (non-hydrogen) atoms. The van der Waals surface area contributed by atoms with Gasteiger partial charge in [0.05, 0.1) is 6.04 Å². The van der Waals surface area contributed by atoms with Crippen molar-refractivity contribution in [1.29, 1.82) is 0 Å². The van der Waals surface area contributed by atoms with Crippen LogP contribution < -0.4 is 5.73 Å². The quantitative estimate of drug-likeness (QED) is 0.888. The number of nitrogens with two attached hydrogens (primary N) is 1. The topological polar surface area (TPSA) is 29.3 Å². The number of hydrogen-bond acceptors (Lipinski definition) is 2. The lowest BCUT2D eigenvalue weighted by molar-refractivity contribution is 0.247. The smallest absolute Gasteiger partial charge is 0.0502 e. The van der Waals surface area contributed by atoms with E-state index in [1.165, 1.54) is 28.7 Å². The van der Waals surface area contributed by atoms with E-state index in [-0.39, 0.29) is 6.04 Å². The van der Waals surface area contributed by atoms with Crippen molar-refractivity contribution in [2.24, 2.45) is 5.73 Å². The molecule has 2 N–H and O–H groups in total. The summed E-state index contributed by atoms with van der Waals surface area (Å²) in [5.41, 5.74) is 11.9. The molecule has 0 spiro atoms. The molecule has 1 aliphatic heterocycles. The lowest BCUT2D eigenvalue weighted by Crippen LogP contribution is -2.32. The van der Waals surface area contributed by atoms with Gasteiger partial charge in [0.25, 0.3) is 0 Å². The Balaban J connectivity index is 2.36. The molecule has 0 bridgehead atoms. The maximum absolute atomic E-state index is 6.35. The van der Waals surface area contributed by atoms with Gasteiger partial charge in [0, 0.05) is 12.6 Å². The second kappa shape index (κ2) is 5.41. The molecule has 0 aliphatic carbocycles. The lowest BCUT2D eigenvalue weighted by Gasteiger charge is -2.28. The highest BCUT2D eigenvalue weighted by atomic mass is 15.2. The van der Waals surface area contributed by atoms with Crippen LogP contribution in [0.5, 0.6) is 0 Å². The van der Waals surface area contributed by atoms with Gasteiger partial charge in [-0.3, -0.25) is 4.90 Å². The second-order valence-electron chi connectivity index (χ2n) is 5.73. The van der Waals surface area contributed by atoms with Gasteiger partial charge in [0.1, 0.15) is 0 Å². The molecule has 0 aromatic heterocycles. The molecule has 1 heterocycles. The van der Waals surface area contributed by atoms with Gasteiger partial charge in [-0.2, -0.15) is 0 Å². The molecule has 2 heteroatoms. The first-order valence-electron chi connectivity index (χ1n) is 7.12. The van der Waals surface area contributed by atoms with Gasteiger partial charge in [-0.15, -0.1) is 0 Å². The molecular weight excluding hydrogens is 220 g/mol. The zero-order chi connectivity index (χ0) is 13.3. The van der Waals surface area contributed by atoms with E-state index in [4.69, 9.17) is 5.73 Å². The summed E-state index contributed by atoms with van der Waals surface area (Å²) in [7, 11) is 0. The van der Waals surface area contributed by atoms with Gasteiger partial charge < -0.3 is 5.73 Å². The Hall–Kier alpha value is -0.860. The van der Waals surface area contributed by atoms with Crippen molar-refractivity contribution in [3.63, 3.8) is 0 Å². The van der Waals surface area contributed by atoms with Crippen molar-refractivity contribution in [1.82, 2.24) is 4.90 Å². The first-order chi connectivity index (χ1) is 8.54. The second-order valence-corrected chi connectivity index (χ2v) is 5.73. The first-order valence-corrected chi connectivity index (χ1v) is 7.12. The van der Waals surface area contributed by atoms with Crippen molar-refractivity contribution >= 4 is 0 Å². The largest absolute Gasteiger partial charge is 0.326 e. The molecule has 0 radical (unpaired) electrons. The Kier molecular flexibility index (Phi) is 4.08. The van der Waals surface area contributed by atoms with Crippen LogP contribution in [0.25, 0.3) is 0 Å². The summed E-state index contributed by atoms with van der Waals surface area (Å²) in [6, 6.07) is 5.37. The van der Waals surface area contributed by atoms with Gasteiger partial charge >= 0.3 is 0 Å². The van der Waals surface area contributed by atoms with Gasteiger partial charge in [0.2, 0.25) is 0 Å². The molecule has 2 nitrogen and oxygen atoms in total. The molecule has 1 aromatic rings. The van der Waals surface area contributed by atoms with E-state index in [2.05, 4.69) is 44.7 Å². The third-order valence-electron chi connectivity index (χ3n) is 4.26. The van der Waals surface area contributed by atoms with Crippen LogP contribution in [0.15, 0.2) is 12.1 Å². The predicted octanol–water partition coefficient (Wildman–Crippen LogP) is 3.10. The van der Waals surface area contributed by atoms with Crippen LogP contribution in [0.3, 0.4) is 0 Å². The summed E-state index contributed by atoms with van der Waals surface area (Å²) in [5.74, 6) is 0. The maximum atomic E-state index is 6.35. The molecular formula is C16H26N2. The SMILES string of the molecule is CCCN1CCC(N)C1c1cc(C)c(C)cc1C. The fourth-order valence-electron chi connectivity index (χ4n) is 3.15. The minimum atomic E-state index is 0.289. The molecule has 1 fully saturated rings. The van der Waals surface area contributed by atoms with Crippen molar-refractivity contribution in [2.75, 3.05) is 13.1 Å². The number of likely N-dealkylation sites (tertiary alicyclic amines) is 1. The summed E-state index contributed by atoms with van der Waals surface area (Å²) in [5, 5.41) is 0. The molecule has 1 aliphatic rings. The van der Waals surface area contributed by atoms with Crippen LogP contribution in [-0.2, 0) is 0 Å². The van der Waals surface area contributed by atoms with Crippen LogP contribution >= 0.6 is 0 Å². The molecule has 0 saturated carbocycles. The standard InChI is InChI=1S/C16H26N2/c1-5-7-18-8-6-15(17)16(18)14-10-12(3)11(2)9-13(14)4/h9-10,15-16H,5-8,17H2,1-4H3. The van der Waals surface area contributed by atoms with Crippen molar-refractivity contribution in [3.05, 3.63) is 34.4 Å². The fourth-order valence-corrected chi connectivity index (χ4v) is 3.15. The lowest BCUT2D eigenvalue weighted by atomic mass is 9.92. The molecule has 1 aromatic carbocycles. The molecule has 2 unspecified atom stereocenters. The maximum Gasteiger partial charge on any atom is 0.0502 e. The summed E-state index contributed by atoms with van der Waals surface area (Å²) in [6.07, 6.45) is 2.32. The Morgan fingerprint density at radius 3 is 2.50 bits per heavy atom. The third kappa shape index (κ3) is 2.45. The van der Waals surface area contributed by atoms with E-state index in [0.29, 0.717) is 6.04 Å². The van der Waals surface area contributed by atoms with Crippen molar-refractivity contribution in [3.8, 4) is 0 Å². The summed E-state index contributed by atoms with van der Waals surface area (Å²) < 4.78 is 0.